The van der Waals surface area contributed by atoms with Crippen LogP contribution >= 0.6 is 0 Å². The van der Waals surface area contributed by atoms with Gasteiger partial charge in [0.25, 0.3) is 0 Å². The van der Waals surface area contributed by atoms with Crippen LogP contribution in [-0.4, -0.2) is 51.5 Å². The number of hydrogen-bond acceptors (Lipinski definition) is 5. The number of ether oxygens (including phenoxy) is 2. The van der Waals surface area contributed by atoms with Crippen LogP contribution in [0.3, 0.4) is 0 Å². The summed E-state index contributed by atoms with van der Waals surface area (Å²) in [6, 6.07) is 14.6. The number of nitrogens with zero attached hydrogens (tertiary/aromatic N) is 3. The third-order valence-electron chi connectivity index (χ3n) is 6.58. The smallest absolute Gasteiger partial charge is 0.165 e. The van der Waals surface area contributed by atoms with Gasteiger partial charge in [0.2, 0.25) is 0 Å². The van der Waals surface area contributed by atoms with Gasteiger partial charge in [-0.05, 0) is 62.1 Å². The van der Waals surface area contributed by atoms with E-state index in [2.05, 4.69) is 33.5 Å². The number of aliphatic hydroxyl groups is 1. The van der Waals surface area contributed by atoms with Crippen LogP contribution in [0.4, 0.5) is 4.39 Å². The van der Waals surface area contributed by atoms with Crippen LogP contribution in [0.2, 0.25) is 0 Å². The van der Waals surface area contributed by atoms with E-state index in [1.807, 2.05) is 24.5 Å². The van der Waals surface area contributed by atoms with Crippen LogP contribution < -0.4 is 9.47 Å². The molecule has 1 fully saturated rings. The second kappa shape index (κ2) is 12.2. The van der Waals surface area contributed by atoms with Crippen molar-refractivity contribution in [2.24, 2.45) is 0 Å². The summed E-state index contributed by atoms with van der Waals surface area (Å²) in [6.45, 7) is 6.24. The molecule has 1 aromatic heterocycles. The van der Waals surface area contributed by atoms with E-state index in [4.69, 9.17) is 9.47 Å². The maximum atomic E-state index is 13.9. The van der Waals surface area contributed by atoms with Crippen LogP contribution in [0.5, 0.6) is 11.5 Å². The van der Waals surface area contributed by atoms with Crippen LogP contribution in [-0.2, 0) is 19.5 Å². The molecule has 6 nitrogen and oxygen atoms in total. The van der Waals surface area contributed by atoms with Crippen LogP contribution in [0.15, 0.2) is 60.9 Å². The molecule has 0 amide bonds. The molecule has 1 saturated heterocycles. The summed E-state index contributed by atoms with van der Waals surface area (Å²) in [6.07, 6.45) is 7.82. The van der Waals surface area contributed by atoms with Gasteiger partial charge in [-0.15, -0.1) is 0 Å². The summed E-state index contributed by atoms with van der Waals surface area (Å²) in [7, 11) is 0. The lowest BCUT2D eigenvalue weighted by molar-refractivity contribution is -0.0177. The van der Waals surface area contributed by atoms with E-state index < -0.39 is 11.4 Å². The van der Waals surface area contributed by atoms with Crippen molar-refractivity contribution in [3.63, 3.8) is 0 Å². The highest BCUT2D eigenvalue weighted by Crippen LogP contribution is 2.26. The third-order valence-corrected chi connectivity index (χ3v) is 6.58. The van der Waals surface area contributed by atoms with Crippen LogP contribution in [0, 0.1) is 5.82 Å². The van der Waals surface area contributed by atoms with Gasteiger partial charge in [0.15, 0.2) is 11.6 Å². The van der Waals surface area contributed by atoms with Gasteiger partial charge < -0.3 is 19.1 Å². The zero-order valence-electron chi connectivity index (χ0n) is 20.5. The van der Waals surface area contributed by atoms with E-state index in [0.29, 0.717) is 19.4 Å². The van der Waals surface area contributed by atoms with Crippen molar-refractivity contribution in [2.45, 2.75) is 57.7 Å². The first kappa shape index (κ1) is 25.2. The lowest BCUT2D eigenvalue weighted by Gasteiger charge is -2.27. The van der Waals surface area contributed by atoms with Crippen molar-refractivity contribution in [3.8, 4) is 11.5 Å². The predicted octanol–water partition coefficient (Wildman–Crippen LogP) is 4.85. The first-order valence-corrected chi connectivity index (χ1v) is 12.6. The summed E-state index contributed by atoms with van der Waals surface area (Å²) in [5.74, 6) is 1.78. The number of para-hydroxylation sites is 1. The normalized spacial score (nSPS) is 18.8. The van der Waals surface area contributed by atoms with Crippen molar-refractivity contribution in [3.05, 3.63) is 78.1 Å². The summed E-state index contributed by atoms with van der Waals surface area (Å²) >= 11 is 0. The van der Waals surface area contributed by atoms with Gasteiger partial charge in [0.1, 0.15) is 18.2 Å². The molecule has 1 N–H and O–H groups in total. The molecule has 1 atom stereocenters. The number of aryl methyl sites for hydroxylation is 2. The highest BCUT2D eigenvalue weighted by Gasteiger charge is 2.31. The van der Waals surface area contributed by atoms with Crippen LogP contribution in [0.1, 0.15) is 44.0 Å². The van der Waals surface area contributed by atoms with Crippen molar-refractivity contribution >= 4 is 0 Å². The van der Waals surface area contributed by atoms with Gasteiger partial charge in [-0.25, -0.2) is 9.37 Å². The minimum absolute atomic E-state index is 0.101. The molecular formula is C28H36FN3O3. The zero-order valence-corrected chi connectivity index (χ0v) is 20.5. The van der Waals surface area contributed by atoms with E-state index in [1.165, 1.54) is 11.6 Å². The van der Waals surface area contributed by atoms with Gasteiger partial charge in [-0.2, -0.15) is 0 Å². The van der Waals surface area contributed by atoms with E-state index in [0.717, 1.165) is 57.0 Å². The molecule has 0 radical (unpaired) electrons. The summed E-state index contributed by atoms with van der Waals surface area (Å²) in [5.41, 5.74) is 0.243. The lowest BCUT2D eigenvalue weighted by atomic mass is 9.96. The average molecular weight is 482 g/mol. The minimum atomic E-state index is -0.950. The Balaban J connectivity index is 1.23. The van der Waals surface area contributed by atoms with E-state index >= 15 is 0 Å². The first-order valence-electron chi connectivity index (χ1n) is 12.6. The maximum absolute atomic E-state index is 13.9. The topological polar surface area (TPSA) is 59.8 Å². The molecule has 0 bridgehead atoms. The molecule has 0 saturated carbocycles. The Morgan fingerprint density at radius 1 is 1.09 bits per heavy atom. The molecule has 35 heavy (non-hydrogen) atoms. The molecule has 188 valence electrons. The molecule has 3 aromatic rings. The van der Waals surface area contributed by atoms with E-state index in [-0.39, 0.29) is 12.4 Å². The van der Waals surface area contributed by atoms with Crippen molar-refractivity contribution in [2.75, 3.05) is 26.3 Å². The maximum Gasteiger partial charge on any atom is 0.165 e. The number of benzene rings is 2. The fourth-order valence-corrected chi connectivity index (χ4v) is 4.59. The molecule has 0 aliphatic carbocycles. The Bertz CT molecular complexity index is 1070. The van der Waals surface area contributed by atoms with E-state index in [1.54, 1.807) is 18.2 Å². The molecular weight excluding hydrogens is 445 g/mol. The summed E-state index contributed by atoms with van der Waals surface area (Å²) in [4.78, 5) is 6.71. The third kappa shape index (κ3) is 7.29. The fraction of sp³-hybridized carbons (Fsp3) is 0.464. The molecule has 7 heteroatoms. The van der Waals surface area contributed by atoms with Gasteiger partial charge in [-0.1, -0.05) is 31.2 Å². The zero-order chi connectivity index (χ0) is 24.5. The fourth-order valence-electron chi connectivity index (χ4n) is 4.59. The van der Waals surface area contributed by atoms with Crippen LogP contribution in [0.25, 0.3) is 0 Å². The highest BCUT2D eigenvalue weighted by molar-refractivity contribution is 5.28. The largest absolute Gasteiger partial charge is 0.494 e. The summed E-state index contributed by atoms with van der Waals surface area (Å²) in [5, 5.41) is 11.1. The minimum Gasteiger partial charge on any atom is -0.494 e. The predicted molar refractivity (Wildman–Crippen MR) is 134 cm³/mol. The Morgan fingerprint density at radius 3 is 2.83 bits per heavy atom. The number of likely N-dealkylation sites (tertiary alicyclic amines) is 1. The number of rotatable bonds is 11. The van der Waals surface area contributed by atoms with Gasteiger partial charge in [0, 0.05) is 38.4 Å². The summed E-state index contributed by atoms with van der Waals surface area (Å²) < 4.78 is 27.7. The highest BCUT2D eigenvalue weighted by atomic mass is 19.1. The second-order valence-electron chi connectivity index (χ2n) is 9.31. The Morgan fingerprint density at radius 2 is 1.97 bits per heavy atom. The average Bonchev–Trinajstić information content (AvgIpc) is 3.24. The standard InChI is InChI=1S/C28H36FN3O3/c1-2-27-30-14-18-32(27)16-7-19-34-24-9-5-8-23(20-24)21-31-15-6-12-28(33,13-17-31)22-35-26-11-4-3-10-25(26)29/h3-5,8-11,14,18,20,33H,2,6-7,12-13,15-17,19,21-22H2,1H3/t28-/m1/s1. The Kier molecular flexibility index (Phi) is 8.77. The number of hydrogen-bond donors (Lipinski definition) is 1. The quantitative estimate of drug-likeness (QED) is 0.397. The number of imidazole rings is 1. The molecule has 0 unspecified atom stereocenters. The molecule has 1 aliphatic rings. The first-order chi connectivity index (χ1) is 17.0. The van der Waals surface area contributed by atoms with Crippen molar-refractivity contribution in [1.82, 2.24) is 14.5 Å². The Hall–Kier alpha value is -2.90. The second-order valence-corrected chi connectivity index (χ2v) is 9.31. The molecule has 4 rings (SSSR count). The Labute approximate surface area is 207 Å². The SMILES string of the molecule is CCc1nccn1CCCOc1cccc(CN2CCC[C@](O)(COc3ccccc3F)CC2)c1. The number of aromatic nitrogens is 2. The molecule has 0 spiro atoms. The molecule has 2 heterocycles. The molecule has 1 aliphatic heterocycles. The number of halogens is 1. The van der Waals surface area contributed by atoms with Gasteiger partial charge in [0.05, 0.1) is 12.2 Å². The van der Waals surface area contributed by atoms with Gasteiger partial charge >= 0.3 is 0 Å². The van der Waals surface area contributed by atoms with E-state index in [9.17, 15) is 9.50 Å². The van der Waals surface area contributed by atoms with Crippen molar-refractivity contribution in [1.29, 1.82) is 0 Å². The van der Waals surface area contributed by atoms with Gasteiger partial charge in [-0.3, -0.25) is 4.90 Å². The monoisotopic (exact) mass is 481 g/mol. The molecule has 2 aromatic carbocycles. The lowest BCUT2D eigenvalue weighted by Crippen LogP contribution is -2.37. The van der Waals surface area contributed by atoms with Crippen molar-refractivity contribution < 1.29 is 19.0 Å².